The number of carbonyl (C=O) groups is 1. The van der Waals surface area contributed by atoms with E-state index >= 15 is 0 Å². The largest absolute Gasteiger partial charge is 0.465 e. The van der Waals surface area contributed by atoms with Gasteiger partial charge in [0.1, 0.15) is 11.6 Å². The molecule has 0 saturated carbocycles. The topological polar surface area (TPSA) is 82.8 Å². The van der Waals surface area contributed by atoms with E-state index in [-0.39, 0.29) is 11.4 Å². The van der Waals surface area contributed by atoms with Crippen molar-refractivity contribution in [3.63, 3.8) is 0 Å². The first-order chi connectivity index (χ1) is 16.0. The lowest BCUT2D eigenvalue weighted by molar-refractivity contribution is 0.0595. The number of pyridine rings is 1. The molecule has 5 rings (SSSR count). The number of halogens is 2. The van der Waals surface area contributed by atoms with E-state index in [0.717, 1.165) is 5.39 Å². The summed E-state index contributed by atoms with van der Waals surface area (Å²) in [4.78, 5) is 29.0. The van der Waals surface area contributed by atoms with Gasteiger partial charge in [-0.1, -0.05) is 12.1 Å². The molecule has 1 unspecified atom stereocenters. The zero-order valence-electron chi connectivity index (χ0n) is 17.7. The predicted octanol–water partition coefficient (Wildman–Crippen LogP) is 4.72. The van der Waals surface area contributed by atoms with Crippen LogP contribution in [-0.2, 0) is 4.74 Å². The number of methoxy groups -OCH3 is 1. The third-order valence-corrected chi connectivity index (χ3v) is 5.54. The molecule has 0 bridgehead atoms. The molecule has 33 heavy (non-hydrogen) atoms. The highest BCUT2D eigenvalue weighted by Crippen LogP contribution is 2.28. The summed E-state index contributed by atoms with van der Waals surface area (Å²) in [5.41, 5.74) is 2.46. The molecule has 2 aromatic carbocycles. The third-order valence-electron chi connectivity index (χ3n) is 5.54. The van der Waals surface area contributed by atoms with Crippen LogP contribution in [0, 0.1) is 11.6 Å². The SMILES string of the molecule is COC(=O)c1ccc(-c2cnc3ncn(C(C)c4cc5cccnc5cc4F)c3n2)cc1F. The monoisotopic (exact) mass is 445 g/mol. The quantitative estimate of drug-likeness (QED) is 0.373. The van der Waals surface area contributed by atoms with Crippen molar-refractivity contribution >= 4 is 28.2 Å². The maximum atomic E-state index is 14.9. The van der Waals surface area contributed by atoms with Gasteiger partial charge in [0.2, 0.25) is 0 Å². The van der Waals surface area contributed by atoms with Gasteiger partial charge in [0.25, 0.3) is 0 Å². The molecule has 0 saturated heterocycles. The van der Waals surface area contributed by atoms with E-state index < -0.39 is 17.8 Å². The number of esters is 1. The molecule has 0 amide bonds. The number of carbonyl (C=O) groups excluding carboxylic acids is 1. The van der Waals surface area contributed by atoms with E-state index in [2.05, 4.69) is 24.7 Å². The van der Waals surface area contributed by atoms with Gasteiger partial charge in [-0.2, -0.15) is 0 Å². The maximum absolute atomic E-state index is 14.9. The highest BCUT2D eigenvalue weighted by atomic mass is 19.1. The summed E-state index contributed by atoms with van der Waals surface area (Å²) in [6, 6.07) is 10.5. The first-order valence-electron chi connectivity index (χ1n) is 10.1. The lowest BCUT2D eigenvalue weighted by Gasteiger charge is -2.16. The molecule has 0 N–H and O–H groups in total. The molecule has 0 aliphatic heterocycles. The molecule has 3 aromatic heterocycles. The van der Waals surface area contributed by atoms with Gasteiger partial charge in [-0.15, -0.1) is 0 Å². The molecular weight excluding hydrogens is 428 g/mol. The first kappa shape index (κ1) is 20.6. The zero-order chi connectivity index (χ0) is 23.1. The molecular formula is C24H17F2N5O2. The van der Waals surface area contributed by atoms with Crippen molar-refractivity contribution in [2.24, 2.45) is 0 Å². The number of hydrogen-bond acceptors (Lipinski definition) is 6. The smallest absolute Gasteiger partial charge is 0.340 e. The van der Waals surface area contributed by atoms with E-state index in [1.54, 1.807) is 35.3 Å². The summed E-state index contributed by atoms with van der Waals surface area (Å²) in [6.07, 6.45) is 4.64. The highest BCUT2D eigenvalue weighted by molar-refractivity contribution is 5.90. The van der Waals surface area contributed by atoms with Crippen LogP contribution >= 0.6 is 0 Å². The summed E-state index contributed by atoms with van der Waals surface area (Å²) in [6.45, 7) is 1.83. The lowest BCUT2D eigenvalue weighted by atomic mass is 10.0. The minimum atomic E-state index is -0.764. The van der Waals surface area contributed by atoms with Crippen LogP contribution in [0.2, 0.25) is 0 Å². The van der Waals surface area contributed by atoms with Crippen molar-refractivity contribution in [1.29, 1.82) is 0 Å². The predicted molar refractivity (Wildman–Crippen MR) is 118 cm³/mol. The molecule has 5 aromatic rings. The van der Waals surface area contributed by atoms with Crippen LogP contribution < -0.4 is 0 Å². The average Bonchev–Trinajstić information content (AvgIpc) is 3.26. The Balaban J connectivity index is 1.57. The molecule has 7 nitrogen and oxygen atoms in total. The van der Waals surface area contributed by atoms with Crippen molar-refractivity contribution in [3.8, 4) is 11.3 Å². The van der Waals surface area contributed by atoms with Crippen LogP contribution in [0.5, 0.6) is 0 Å². The minimum absolute atomic E-state index is 0.171. The number of fused-ring (bicyclic) bond motifs is 2. The fourth-order valence-electron chi connectivity index (χ4n) is 3.76. The van der Waals surface area contributed by atoms with Crippen LogP contribution in [0.15, 0.2) is 61.2 Å². The van der Waals surface area contributed by atoms with Gasteiger partial charge >= 0.3 is 5.97 Å². The second kappa shape index (κ2) is 8.01. The van der Waals surface area contributed by atoms with E-state index in [9.17, 15) is 13.6 Å². The summed E-state index contributed by atoms with van der Waals surface area (Å²) in [7, 11) is 1.19. The second-order valence-corrected chi connectivity index (χ2v) is 7.49. The molecule has 0 radical (unpaired) electrons. The second-order valence-electron chi connectivity index (χ2n) is 7.49. The fourth-order valence-corrected chi connectivity index (χ4v) is 3.76. The van der Waals surface area contributed by atoms with Crippen LogP contribution in [0.4, 0.5) is 8.78 Å². The van der Waals surface area contributed by atoms with Crippen LogP contribution in [0.25, 0.3) is 33.5 Å². The van der Waals surface area contributed by atoms with Crippen molar-refractivity contribution in [1.82, 2.24) is 24.5 Å². The Morgan fingerprint density at radius 1 is 1.06 bits per heavy atom. The van der Waals surface area contributed by atoms with Gasteiger partial charge in [-0.25, -0.2) is 28.5 Å². The summed E-state index contributed by atoms with van der Waals surface area (Å²) >= 11 is 0. The van der Waals surface area contributed by atoms with Gasteiger partial charge < -0.3 is 9.30 Å². The molecule has 0 spiro atoms. The molecule has 0 aliphatic carbocycles. The normalized spacial score (nSPS) is 12.2. The Bertz CT molecular complexity index is 1530. The Labute approximate surface area is 186 Å². The average molecular weight is 445 g/mol. The molecule has 164 valence electrons. The maximum Gasteiger partial charge on any atom is 0.340 e. The first-order valence-corrected chi connectivity index (χ1v) is 10.1. The van der Waals surface area contributed by atoms with E-state index in [1.807, 2.05) is 13.0 Å². The fraction of sp³-hybridized carbons (Fsp3) is 0.125. The summed E-state index contributed by atoms with van der Waals surface area (Å²) in [5, 5.41) is 0.818. The molecule has 0 fully saturated rings. The number of benzene rings is 2. The molecule has 9 heteroatoms. The Morgan fingerprint density at radius 3 is 2.70 bits per heavy atom. The summed E-state index contributed by atoms with van der Waals surface area (Å²) < 4.78 is 35.6. The van der Waals surface area contributed by atoms with Crippen molar-refractivity contribution in [2.45, 2.75) is 13.0 Å². The minimum Gasteiger partial charge on any atom is -0.465 e. The molecule has 0 aliphatic rings. The third kappa shape index (κ3) is 3.57. The Morgan fingerprint density at radius 2 is 1.91 bits per heavy atom. The Kier molecular flexibility index (Phi) is 5.01. The molecule has 3 heterocycles. The van der Waals surface area contributed by atoms with Crippen molar-refractivity contribution < 1.29 is 18.3 Å². The number of imidazole rings is 1. The van der Waals surface area contributed by atoms with Crippen LogP contribution in [0.3, 0.4) is 0 Å². The van der Waals surface area contributed by atoms with Crippen LogP contribution in [0.1, 0.15) is 28.9 Å². The van der Waals surface area contributed by atoms with Gasteiger partial charge in [0.05, 0.1) is 42.4 Å². The standard InChI is InChI=1S/C24H17F2N5O2/c1-13(17-8-14-4-3-7-27-20(14)10-19(17)26)31-12-29-22-23(31)30-21(11-28-22)15-5-6-16(18(25)9-15)24(32)33-2/h3-13H,1-2H3. The molecule has 1 atom stereocenters. The number of hydrogen-bond donors (Lipinski definition) is 0. The van der Waals surface area contributed by atoms with E-state index in [1.165, 1.54) is 31.5 Å². The number of rotatable bonds is 4. The van der Waals surface area contributed by atoms with E-state index in [0.29, 0.717) is 33.6 Å². The van der Waals surface area contributed by atoms with Crippen molar-refractivity contribution in [3.05, 3.63) is 83.9 Å². The number of ether oxygens (including phenoxy) is 1. The number of aromatic nitrogens is 5. The van der Waals surface area contributed by atoms with Gasteiger partial charge in [-0.05, 0) is 31.2 Å². The van der Waals surface area contributed by atoms with E-state index in [4.69, 9.17) is 0 Å². The summed E-state index contributed by atoms with van der Waals surface area (Å²) in [5.74, 6) is -1.88. The van der Waals surface area contributed by atoms with Crippen LogP contribution in [-0.4, -0.2) is 37.6 Å². The van der Waals surface area contributed by atoms with Crippen molar-refractivity contribution in [2.75, 3.05) is 7.11 Å². The lowest BCUT2D eigenvalue weighted by Crippen LogP contribution is -2.09. The highest BCUT2D eigenvalue weighted by Gasteiger charge is 2.19. The van der Waals surface area contributed by atoms with Gasteiger partial charge in [-0.3, -0.25) is 4.98 Å². The Hall–Kier alpha value is -4.27. The zero-order valence-corrected chi connectivity index (χ0v) is 17.7. The van der Waals surface area contributed by atoms with Gasteiger partial charge in [0, 0.05) is 28.8 Å². The number of nitrogens with zero attached hydrogens (tertiary/aromatic N) is 5. The van der Waals surface area contributed by atoms with Gasteiger partial charge in [0.15, 0.2) is 11.3 Å².